The van der Waals surface area contributed by atoms with Crippen LogP contribution in [0.15, 0.2) is 6.07 Å². The van der Waals surface area contributed by atoms with Crippen LogP contribution in [0.1, 0.15) is 26.1 Å². The number of carbonyl (C=O) groups excluding carboxylic acids is 1. The molecular formula is C13H23N5O2. The molecule has 0 saturated heterocycles. The van der Waals surface area contributed by atoms with Gasteiger partial charge in [0.25, 0.3) is 0 Å². The maximum Gasteiger partial charge on any atom is 0.239 e. The molecule has 112 valence electrons. The van der Waals surface area contributed by atoms with E-state index in [1.807, 2.05) is 13.8 Å². The molecule has 1 rings (SSSR count). The van der Waals surface area contributed by atoms with Crippen LogP contribution in [0, 0.1) is 0 Å². The molecule has 0 atom stereocenters. The number of ether oxygens (including phenoxy) is 1. The average Bonchev–Trinajstić information content (AvgIpc) is 2.43. The quantitative estimate of drug-likeness (QED) is 0.625. The van der Waals surface area contributed by atoms with Crippen LogP contribution >= 0.6 is 0 Å². The van der Waals surface area contributed by atoms with Gasteiger partial charge in [0.1, 0.15) is 18.2 Å². The van der Waals surface area contributed by atoms with Crippen molar-refractivity contribution in [3.63, 3.8) is 0 Å². The van der Waals surface area contributed by atoms with E-state index < -0.39 is 0 Å². The highest BCUT2D eigenvalue weighted by Gasteiger charge is 2.06. The Morgan fingerprint density at radius 1 is 1.25 bits per heavy atom. The minimum Gasteiger partial charge on any atom is -0.377 e. The Kier molecular flexibility index (Phi) is 7.34. The van der Waals surface area contributed by atoms with Gasteiger partial charge < -0.3 is 20.7 Å². The number of nitrogens with zero attached hydrogens (tertiary/aromatic N) is 2. The van der Waals surface area contributed by atoms with Gasteiger partial charge in [-0.2, -0.15) is 0 Å². The van der Waals surface area contributed by atoms with Crippen molar-refractivity contribution in [2.24, 2.45) is 0 Å². The van der Waals surface area contributed by atoms with E-state index >= 15 is 0 Å². The van der Waals surface area contributed by atoms with E-state index in [0.717, 1.165) is 13.0 Å². The minimum atomic E-state index is -0.0521. The molecule has 1 aromatic rings. The first-order chi connectivity index (χ1) is 9.69. The summed E-state index contributed by atoms with van der Waals surface area (Å²) in [5.74, 6) is 1.84. The number of methoxy groups -OCH3 is 1. The zero-order valence-electron chi connectivity index (χ0n) is 12.3. The van der Waals surface area contributed by atoms with Gasteiger partial charge in [-0.1, -0.05) is 6.92 Å². The summed E-state index contributed by atoms with van der Waals surface area (Å²) in [4.78, 5) is 20.1. The lowest BCUT2D eigenvalue weighted by atomic mass is 10.4. The molecule has 0 bridgehead atoms. The van der Waals surface area contributed by atoms with E-state index in [4.69, 9.17) is 4.74 Å². The van der Waals surface area contributed by atoms with Gasteiger partial charge in [0.2, 0.25) is 5.91 Å². The van der Waals surface area contributed by atoms with Gasteiger partial charge in [0.15, 0.2) is 5.82 Å². The molecule has 3 N–H and O–H groups in total. The highest BCUT2D eigenvalue weighted by Crippen LogP contribution is 2.11. The zero-order chi connectivity index (χ0) is 14.8. The maximum absolute atomic E-state index is 11.5. The summed E-state index contributed by atoms with van der Waals surface area (Å²) in [6.45, 7) is 5.97. The number of anilines is 2. The largest absolute Gasteiger partial charge is 0.377 e. The van der Waals surface area contributed by atoms with Crippen LogP contribution < -0.4 is 16.0 Å². The van der Waals surface area contributed by atoms with E-state index in [0.29, 0.717) is 30.6 Å². The molecule has 0 aliphatic carbocycles. The molecule has 0 aromatic carbocycles. The van der Waals surface area contributed by atoms with E-state index in [1.54, 1.807) is 13.2 Å². The van der Waals surface area contributed by atoms with Crippen molar-refractivity contribution >= 4 is 17.5 Å². The van der Waals surface area contributed by atoms with Gasteiger partial charge in [-0.05, 0) is 13.3 Å². The Hall–Kier alpha value is -1.89. The molecule has 0 spiro atoms. The lowest BCUT2D eigenvalue weighted by Crippen LogP contribution is -2.30. The molecule has 7 heteroatoms. The molecule has 1 heterocycles. The van der Waals surface area contributed by atoms with Crippen molar-refractivity contribution in [3.05, 3.63) is 11.9 Å². The molecule has 0 radical (unpaired) electrons. The standard InChI is InChI=1S/C13H23N5O2/c1-4-6-15-13(19)8-16-11-7-10(14-5-2)17-12(18-11)9-20-3/h7H,4-6,8-9H2,1-3H3,(H,15,19)(H2,14,16,17,18). The average molecular weight is 281 g/mol. The predicted molar refractivity (Wildman–Crippen MR) is 78.7 cm³/mol. The number of hydrogen-bond acceptors (Lipinski definition) is 6. The van der Waals surface area contributed by atoms with Gasteiger partial charge in [-0.15, -0.1) is 0 Å². The minimum absolute atomic E-state index is 0.0521. The second-order valence-corrected chi connectivity index (χ2v) is 4.22. The molecule has 0 aliphatic rings. The SMILES string of the molecule is CCCNC(=O)CNc1cc(NCC)nc(COC)n1. The molecule has 7 nitrogen and oxygen atoms in total. The fourth-order valence-corrected chi connectivity index (χ4v) is 1.55. The monoisotopic (exact) mass is 281 g/mol. The van der Waals surface area contributed by atoms with Crippen molar-refractivity contribution in [2.75, 3.05) is 37.4 Å². The van der Waals surface area contributed by atoms with Crippen LogP contribution in [0.4, 0.5) is 11.6 Å². The van der Waals surface area contributed by atoms with Gasteiger partial charge in [-0.25, -0.2) is 9.97 Å². The van der Waals surface area contributed by atoms with Crippen LogP contribution in [0.3, 0.4) is 0 Å². The smallest absolute Gasteiger partial charge is 0.239 e. The third kappa shape index (κ3) is 5.83. The zero-order valence-corrected chi connectivity index (χ0v) is 12.3. The van der Waals surface area contributed by atoms with E-state index in [9.17, 15) is 4.79 Å². The van der Waals surface area contributed by atoms with Crippen molar-refractivity contribution in [1.29, 1.82) is 0 Å². The van der Waals surface area contributed by atoms with Gasteiger partial charge in [0, 0.05) is 26.3 Å². The van der Waals surface area contributed by atoms with Crippen LogP contribution in [-0.2, 0) is 16.1 Å². The first-order valence-corrected chi connectivity index (χ1v) is 6.80. The third-order valence-corrected chi connectivity index (χ3v) is 2.41. The lowest BCUT2D eigenvalue weighted by molar-refractivity contribution is -0.119. The molecule has 0 fully saturated rings. The third-order valence-electron chi connectivity index (χ3n) is 2.41. The highest BCUT2D eigenvalue weighted by atomic mass is 16.5. The van der Waals surface area contributed by atoms with Crippen molar-refractivity contribution < 1.29 is 9.53 Å². The van der Waals surface area contributed by atoms with Crippen LogP contribution in [0.25, 0.3) is 0 Å². The summed E-state index contributed by atoms with van der Waals surface area (Å²) in [6, 6.07) is 1.77. The number of carbonyl (C=O) groups is 1. The molecule has 0 saturated carbocycles. The van der Waals surface area contributed by atoms with Crippen molar-refractivity contribution in [2.45, 2.75) is 26.9 Å². The fraction of sp³-hybridized carbons (Fsp3) is 0.615. The lowest BCUT2D eigenvalue weighted by Gasteiger charge is -2.10. The van der Waals surface area contributed by atoms with Crippen LogP contribution in [0.2, 0.25) is 0 Å². The molecule has 1 aromatic heterocycles. The Bertz CT molecular complexity index is 401. The number of rotatable bonds is 9. The number of hydrogen-bond donors (Lipinski definition) is 3. The molecule has 1 amide bonds. The van der Waals surface area contributed by atoms with Gasteiger partial charge in [-0.3, -0.25) is 4.79 Å². The molecule has 0 unspecified atom stereocenters. The Balaban J connectivity index is 2.65. The molecule has 20 heavy (non-hydrogen) atoms. The number of aromatic nitrogens is 2. The second-order valence-electron chi connectivity index (χ2n) is 4.22. The summed E-state index contributed by atoms with van der Waals surface area (Å²) < 4.78 is 5.03. The second kappa shape index (κ2) is 9.08. The van der Waals surface area contributed by atoms with Crippen LogP contribution in [-0.4, -0.2) is 42.6 Å². The summed E-state index contributed by atoms with van der Waals surface area (Å²) in [5.41, 5.74) is 0. The first-order valence-electron chi connectivity index (χ1n) is 6.80. The summed E-state index contributed by atoms with van der Waals surface area (Å²) in [6.07, 6.45) is 0.918. The summed E-state index contributed by atoms with van der Waals surface area (Å²) in [5, 5.41) is 8.91. The van der Waals surface area contributed by atoms with Gasteiger partial charge >= 0.3 is 0 Å². The Morgan fingerprint density at radius 3 is 2.55 bits per heavy atom. The maximum atomic E-state index is 11.5. The van der Waals surface area contributed by atoms with E-state index in [1.165, 1.54) is 0 Å². The predicted octanol–water partition coefficient (Wildman–Crippen LogP) is 0.993. The summed E-state index contributed by atoms with van der Waals surface area (Å²) in [7, 11) is 1.59. The Labute approximate surface area is 119 Å². The van der Waals surface area contributed by atoms with E-state index in [-0.39, 0.29) is 12.5 Å². The Morgan fingerprint density at radius 2 is 1.95 bits per heavy atom. The van der Waals surface area contributed by atoms with Crippen molar-refractivity contribution in [3.8, 4) is 0 Å². The first kappa shape index (κ1) is 16.2. The number of nitrogens with one attached hydrogen (secondary N) is 3. The van der Waals surface area contributed by atoms with Crippen LogP contribution in [0.5, 0.6) is 0 Å². The number of amides is 1. The fourth-order valence-electron chi connectivity index (χ4n) is 1.55. The van der Waals surface area contributed by atoms with Crippen molar-refractivity contribution in [1.82, 2.24) is 15.3 Å². The van der Waals surface area contributed by atoms with Gasteiger partial charge in [0.05, 0.1) is 6.54 Å². The summed E-state index contributed by atoms with van der Waals surface area (Å²) >= 11 is 0. The normalized spacial score (nSPS) is 10.2. The topological polar surface area (TPSA) is 88.2 Å². The molecular weight excluding hydrogens is 258 g/mol. The highest BCUT2D eigenvalue weighted by molar-refractivity contribution is 5.80. The molecule has 0 aliphatic heterocycles. The van der Waals surface area contributed by atoms with E-state index in [2.05, 4.69) is 25.9 Å².